The van der Waals surface area contributed by atoms with Gasteiger partial charge in [-0.25, -0.2) is 9.78 Å². The lowest BCUT2D eigenvalue weighted by molar-refractivity contribution is -0.147. The fourth-order valence-electron chi connectivity index (χ4n) is 2.25. The normalized spacial score (nSPS) is 13.6. The minimum atomic E-state index is -4.68. The molecule has 2 aromatic rings. The monoisotopic (exact) mass is 302 g/mol. The second-order valence-corrected chi connectivity index (χ2v) is 4.59. The summed E-state index contributed by atoms with van der Waals surface area (Å²) in [5.41, 5.74) is -0.326. The van der Waals surface area contributed by atoms with Gasteiger partial charge in [0.05, 0.1) is 23.7 Å². The van der Waals surface area contributed by atoms with Crippen LogP contribution in [-0.4, -0.2) is 34.3 Å². The highest BCUT2D eigenvalue weighted by Crippen LogP contribution is 2.34. The summed E-state index contributed by atoms with van der Waals surface area (Å²) in [4.78, 5) is 14.6. The molecule has 0 amide bonds. The molecule has 2 rings (SSSR count). The summed E-state index contributed by atoms with van der Waals surface area (Å²) in [6.45, 7) is 1.60. The van der Waals surface area contributed by atoms with Crippen molar-refractivity contribution in [2.75, 3.05) is 13.7 Å². The summed E-state index contributed by atoms with van der Waals surface area (Å²) in [6.07, 6.45) is -4.68. The van der Waals surface area contributed by atoms with Crippen LogP contribution in [0.1, 0.15) is 29.1 Å². The fraction of sp³-hybridized carbons (Fsp3) is 0.385. The quantitative estimate of drug-likeness (QED) is 0.943. The third kappa shape index (κ3) is 2.71. The van der Waals surface area contributed by atoms with Gasteiger partial charge < -0.3 is 14.4 Å². The number of fused-ring (bicyclic) bond motifs is 1. The van der Waals surface area contributed by atoms with Crippen LogP contribution in [0.15, 0.2) is 18.2 Å². The van der Waals surface area contributed by atoms with Crippen molar-refractivity contribution in [3.05, 3.63) is 29.6 Å². The molecular formula is C13H13F3N2O3. The Morgan fingerprint density at radius 3 is 2.67 bits per heavy atom. The van der Waals surface area contributed by atoms with Crippen LogP contribution in [0, 0.1) is 0 Å². The summed E-state index contributed by atoms with van der Waals surface area (Å²) in [5.74, 6) is -2.45. The number of hydrogen-bond acceptors (Lipinski definition) is 3. The van der Waals surface area contributed by atoms with Crippen LogP contribution in [-0.2, 0) is 10.9 Å². The van der Waals surface area contributed by atoms with Crippen LogP contribution in [0.25, 0.3) is 11.0 Å². The van der Waals surface area contributed by atoms with Crippen molar-refractivity contribution >= 4 is 17.0 Å². The Bertz CT molecular complexity index is 679. The third-order valence-electron chi connectivity index (χ3n) is 3.05. The fourth-order valence-corrected chi connectivity index (χ4v) is 2.25. The topological polar surface area (TPSA) is 64.4 Å². The van der Waals surface area contributed by atoms with E-state index in [9.17, 15) is 18.0 Å². The van der Waals surface area contributed by atoms with Crippen LogP contribution >= 0.6 is 0 Å². The van der Waals surface area contributed by atoms with E-state index < -0.39 is 24.0 Å². The number of imidazole rings is 1. The number of carboxylic acids is 1. The molecule has 0 aliphatic rings. The molecular weight excluding hydrogens is 289 g/mol. The van der Waals surface area contributed by atoms with E-state index in [0.29, 0.717) is 0 Å². The highest BCUT2D eigenvalue weighted by Gasteiger charge is 2.39. The van der Waals surface area contributed by atoms with Gasteiger partial charge in [0.1, 0.15) is 5.52 Å². The van der Waals surface area contributed by atoms with Crippen LogP contribution in [0.5, 0.6) is 0 Å². The lowest BCUT2D eigenvalue weighted by Gasteiger charge is -2.17. The van der Waals surface area contributed by atoms with Gasteiger partial charge in [0.25, 0.3) is 0 Å². The van der Waals surface area contributed by atoms with E-state index in [2.05, 4.69) is 4.98 Å². The Hall–Kier alpha value is -2.09. The number of benzene rings is 1. The Morgan fingerprint density at radius 2 is 2.14 bits per heavy atom. The SMILES string of the molecule is COCC(C)n1c(C(F)(F)F)nc2c(C(=O)O)cccc21. The second kappa shape index (κ2) is 5.36. The molecule has 0 radical (unpaired) electrons. The first-order valence-electron chi connectivity index (χ1n) is 6.07. The maximum atomic E-state index is 13.1. The number of aromatic nitrogens is 2. The van der Waals surface area contributed by atoms with Crippen LogP contribution < -0.4 is 0 Å². The molecule has 0 aliphatic heterocycles. The number of hydrogen-bond donors (Lipinski definition) is 1. The summed E-state index contributed by atoms with van der Waals surface area (Å²) >= 11 is 0. The van der Waals surface area contributed by atoms with Crippen LogP contribution in [0.2, 0.25) is 0 Å². The Morgan fingerprint density at radius 1 is 1.48 bits per heavy atom. The zero-order chi connectivity index (χ0) is 15.8. The van der Waals surface area contributed by atoms with E-state index >= 15 is 0 Å². The zero-order valence-corrected chi connectivity index (χ0v) is 11.3. The van der Waals surface area contributed by atoms with Crippen molar-refractivity contribution in [3.63, 3.8) is 0 Å². The molecule has 1 unspecified atom stereocenters. The molecule has 0 saturated heterocycles. The van der Waals surface area contributed by atoms with E-state index in [-0.39, 0.29) is 23.2 Å². The van der Waals surface area contributed by atoms with Crippen molar-refractivity contribution in [3.8, 4) is 0 Å². The molecule has 0 aliphatic carbocycles. The molecule has 0 spiro atoms. The number of carboxylic acid groups (broad SMARTS) is 1. The van der Waals surface area contributed by atoms with Gasteiger partial charge in [-0.1, -0.05) is 6.07 Å². The number of alkyl halides is 3. The summed E-state index contributed by atoms with van der Waals surface area (Å²) in [7, 11) is 1.38. The molecule has 1 aromatic carbocycles. The molecule has 1 aromatic heterocycles. The van der Waals surface area contributed by atoms with Gasteiger partial charge in [-0.2, -0.15) is 13.2 Å². The van der Waals surface area contributed by atoms with Gasteiger partial charge in [-0.15, -0.1) is 0 Å². The van der Waals surface area contributed by atoms with Crippen LogP contribution in [0.3, 0.4) is 0 Å². The molecule has 114 valence electrons. The predicted molar refractivity (Wildman–Crippen MR) is 68.3 cm³/mol. The maximum absolute atomic E-state index is 13.1. The maximum Gasteiger partial charge on any atom is 0.449 e. The van der Waals surface area contributed by atoms with Gasteiger partial charge >= 0.3 is 12.1 Å². The van der Waals surface area contributed by atoms with Crippen molar-refractivity contribution in [2.24, 2.45) is 0 Å². The van der Waals surface area contributed by atoms with E-state index in [0.717, 1.165) is 4.57 Å². The average molecular weight is 302 g/mol. The molecule has 5 nitrogen and oxygen atoms in total. The standard InChI is InChI=1S/C13H13F3N2O3/c1-7(6-21-2)18-9-5-3-4-8(11(19)20)10(9)17-12(18)13(14,15)16/h3-5,7H,6H2,1-2H3,(H,19,20). The van der Waals surface area contributed by atoms with E-state index in [1.165, 1.54) is 25.3 Å². The first-order chi connectivity index (χ1) is 9.77. The van der Waals surface area contributed by atoms with Crippen molar-refractivity contribution in [1.29, 1.82) is 0 Å². The molecule has 1 atom stereocenters. The average Bonchev–Trinajstić information content (AvgIpc) is 2.77. The highest BCUT2D eigenvalue weighted by atomic mass is 19.4. The molecule has 0 saturated carbocycles. The summed E-state index contributed by atoms with van der Waals surface area (Å²) in [6, 6.07) is 3.39. The van der Waals surface area contributed by atoms with Gasteiger partial charge in [-0.3, -0.25) is 0 Å². The van der Waals surface area contributed by atoms with Gasteiger partial charge in [0, 0.05) is 7.11 Å². The molecule has 1 N–H and O–H groups in total. The predicted octanol–water partition coefficient (Wildman–Crippen LogP) is 2.96. The van der Waals surface area contributed by atoms with Gasteiger partial charge in [0.15, 0.2) is 0 Å². The van der Waals surface area contributed by atoms with E-state index in [1.54, 1.807) is 6.92 Å². The second-order valence-electron chi connectivity index (χ2n) is 4.59. The number of ether oxygens (including phenoxy) is 1. The zero-order valence-electron chi connectivity index (χ0n) is 11.3. The molecule has 0 bridgehead atoms. The Kier molecular flexibility index (Phi) is 3.91. The number of nitrogens with zero attached hydrogens (tertiary/aromatic N) is 2. The van der Waals surface area contributed by atoms with Gasteiger partial charge in [0.2, 0.25) is 5.82 Å². The van der Waals surface area contributed by atoms with Crippen LogP contribution in [0.4, 0.5) is 13.2 Å². The van der Waals surface area contributed by atoms with E-state index in [4.69, 9.17) is 9.84 Å². The lowest BCUT2D eigenvalue weighted by Crippen LogP contribution is -2.20. The highest BCUT2D eigenvalue weighted by molar-refractivity contribution is 6.01. The largest absolute Gasteiger partial charge is 0.478 e. The molecule has 8 heteroatoms. The number of para-hydroxylation sites is 1. The lowest BCUT2D eigenvalue weighted by atomic mass is 10.2. The number of aromatic carboxylic acids is 1. The summed E-state index contributed by atoms with van der Waals surface area (Å²) in [5, 5.41) is 9.07. The molecule has 1 heterocycles. The number of halogens is 3. The number of methoxy groups -OCH3 is 1. The van der Waals surface area contributed by atoms with Gasteiger partial charge in [-0.05, 0) is 19.1 Å². The van der Waals surface area contributed by atoms with Crippen molar-refractivity contribution in [1.82, 2.24) is 9.55 Å². The molecule has 21 heavy (non-hydrogen) atoms. The minimum absolute atomic E-state index is 0.0475. The first kappa shape index (κ1) is 15.3. The number of rotatable bonds is 4. The number of carbonyl (C=O) groups is 1. The third-order valence-corrected chi connectivity index (χ3v) is 3.05. The summed E-state index contributed by atoms with van der Waals surface area (Å²) < 4.78 is 45.3. The smallest absolute Gasteiger partial charge is 0.449 e. The molecule has 0 fully saturated rings. The Balaban J connectivity index is 2.79. The van der Waals surface area contributed by atoms with E-state index in [1.807, 2.05) is 0 Å². The minimum Gasteiger partial charge on any atom is -0.478 e. The Labute approximate surface area is 118 Å². The first-order valence-corrected chi connectivity index (χ1v) is 6.07. The van der Waals surface area contributed by atoms with Crippen molar-refractivity contribution in [2.45, 2.75) is 19.1 Å². The van der Waals surface area contributed by atoms with Crippen molar-refractivity contribution < 1.29 is 27.8 Å².